The van der Waals surface area contributed by atoms with Crippen LogP contribution in [0.5, 0.6) is 0 Å². The van der Waals surface area contributed by atoms with Gasteiger partial charge in [0.25, 0.3) is 5.56 Å². The largest absolute Gasteiger partial charge is 0.310 e. The topological polar surface area (TPSA) is 45.8 Å². The summed E-state index contributed by atoms with van der Waals surface area (Å²) in [5.41, 5.74) is 0.719. The van der Waals surface area contributed by atoms with Crippen LogP contribution < -0.4 is 5.56 Å². The van der Waals surface area contributed by atoms with Crippen molar-refractivity contribution in [3.8, 4) is 0 Å². The highest BCUT2D eigenvalue weighted by Crippen LogP contribution is 2.11. The minimum absolute atomic E-state index is 0.0506. The summed E-state index contributed by atoms with van der Waals surface area (Å²) in [5, 5.41) is 0.661. The Morgan fingerprint density at radius 3 is 3.00 bits per heavy atom. The monoisotopic (exact) mass is 300 g/mol. The standard InChI is InChI=1S/C10H9IN2O/c1-2-9-12-8-4-3-6(11)5-7(8)10(14)13-9/h3-5H,2H2,1H3,(H,12,13,14). The van der Waals surface area contributed by atoms with E-state index in [1.165, 1.54) is 0 Å². The lowest BCUT2D eigenvalue weighted by atomic mass is 10.2. The van der Waals surface area contributed by atoms with Crippen LogP contribution in [0.15, 0.2) is 23.0 Å². The number of aromatic amines is 1. The second kappa shape index (κ2) is 3.68. The Hall–Kier alpha value is -0.910. The van der Waals surface area contributed by atoms with Crippen LogP contribution in [-0.4, -0.2) is 9.97 Å². The van der Waals surface area contributed by atoms with Gasteiger partial charge in [-0.2, -0.15) is 0 Å². The van der Waals surface area contributed by atoms with Crippen LogP contribution in [0.2, 0.25) is 0 Å². The Bertz CT molecular complexity index is 533. The number of halogens is 1. The number of benzene rings is 1. The molecule has 0 fully saturated rings. The fraction of sp³-hybridized carbons (Fsp3) is 0.200. The molecule has 3 nitrogen and oxygen atoms in total. The van der Waals surface area contributed by atoms with E-state index in [1.54, 1.807) is 0 Å². The van der Waals surface area contributed by atoms with E-state index >= 15 is 0 Å². The van der Waals surface area contributed by atoms with Crippen molar-refractivity contribution >= 4 is 33.5 Å². The van der Waals surface area contributed by atoms with Crippen molar-refractivity contribution in [2.75, 3.05) is 0 Å². The van der Waals surface area contributed by atoms with Crippen molar-refractivity contribution < 1.29 is 0 Å². The van der Waals surface area contributed by atoms with Gasteiger partial charge < -0.3 is 4.98 Å². The summed E-state index contributed by atoms with van der Waals surface area (Å²) in [7, 11) is 0. The molecule has 0 aliphatic carbocycles. The molecule has 0 unspecified atom stereocenters. The summed E-state index contributed by atoms with van der Waals surface area (Å²) in [4.78, 5) is 18.7. The molecule has 1 aromatic heterocycles. The molecule has 1 N–H and O–H groups in total. The maximum atomic E-state index is 11.6. The number of nitrogens with zero attached hydrogens (tertiary/aromatic N) is 1. The highest BCUT2D eigenvalue weighted by Gasteiger charge is 2.02. The molecular weight excluding hydrogens is 291 g/mol. The van der Waals surface area contributed by atoms with E-state index in [0.717, 1.165) is 21.3 Å². The van der Waals surface area contributed by atoms with Crippen molar-refractivity contribution in [2.45, 2.75) is 13.3 Å². The van der Waals surface area contributed by atoms with Crippen LogP contribution in [0.25, 0.3) is 10.9 Å². The normalized spacial score (nSPS) is 10.7. The van der Waals surface area contributed by atoms with Crippen LogP contribution in [0, 0.1) is 3.57 Å². The summed E-state index contributed by atoms with van der Waals surface area (Å²) in [5.74, 6) is 0.740. The van der Waals surface area contributed by atoms with Gasteiger partial charge in [-0.3, -0.25) is 4.79 Å². The fourth-order valence-corrected chi connectivity index (χ4v) is 1.82. The molecule has 0 saturated heterocycles. The summed E-state index contributed by atoms with van der Waals surface area (Å²) >= 11 is 2.18. The van der Waals surface area contributed by atoms with E-state index in [2.05, 4.69) is 32.6 Å². The maximum Gasteiger partial charge on any atom is 0.258 e. The molecule has 1 aromatic carbocycles. The van der Waals surface area contributed by atoms with Gasteiger partial charge in [0.1, 0.15) is 5.82 Å². The predicted octanol–water partition coefficient (Wildman–Crippen LogP) is 2.09. The molecule has 4 heteroatoms. The number of H-pyrrole nitrogens is 1. The highest BCUT2D eigenvalue weighted by molar-refractivity contribution is 14.1. The van der Waals surface area contributed by atoms with Crippen molar-refractivity contribution in [3.05, 3.63) is 37.9 Å². The molecule has 1 heterocycles. The zero-order valence-corrected chi connectivity index (χ0v) is 9.83. The third kappa shape index (κ3) is 1.66. The van der Waals surface area contributed by atoms with E-state index < -0.39 is 0 Å². The molecule has 0 aliphatic heterocycles. The van der Waals surface area contributed by atoms with E-state index in [-0.39, 0.29) is 5.56 Å². The number of aryl methyl sites for hydroxylation is 1. The summed E-state index contributed by atoms with van der Waals surface area (Å²) < 4.78 is 1.05. The highest BCUT2D eigenvalue weighted by atomic mass is 127. The lowest BCUT2D eigenvalue weighted by molar-refractivity contribution is 0.944. The molecular formula is C10H9IN2O. The Morgan fingerprint density at radius 1 is 1.50 bits per heavy atom. The fourth-order valence-electron chi connectivity index (χ4n) is 1.33. The van der Waals surface area contributed by atoms with Gasteiger partial charge in [-0.1, -0.05) is 6.92 Å². The minimum Gasteiger partial charge on any atom is -0.310 e. The van der Waals surface area contributed by atoms with Crippen molar-refractivity contribution in [1.29, 1.82) is 0 Å². The first-order chi connectivity index (χ1) is 6.70. The van der Waals surface area contributed by atoms with E-state index in [1.807, 2.05) is 25.1 Å². The molecule has 2 aromatic rings. The third-order valence-electron chi connectivity index (χ3n) is 2.05. The summed E-state index contributed by atoms with van der Waals surface area (Å²) in [6.07, 6.45) is 0.747. The Labute approximate surface area is 94.7 Å². The van der Waals surface area contributed by atoms with Crippen LogP contribution in [0.3, 0.4) is 0 Å². The van der Waals surface area contributed by atoms with E-state index in [0.29, 0.717) is 5.39 Å². The first-order valence-electron chi connectivity index (χ1n) is 4.39. The van der Waals surface area contributed by atoms with Crippen LogP contribution in [0.1, 0.15) is 12.7 Å². The summed E-state index contributed by atoms with van der Waals surface area (Å²) in [6, 6.07) is 5.68. The molecule has 0 amide bonds. The van der Waals surface area contributed by atoms with Crippen LogP contribution in [-0.2, 0) is 6.42 Å². The molecule has 0 saturated carbocycles. The van der Waals surface area contributed by atoms with Gasteiger partial charge >= 0.3 is 0 Å². The summed E-state index contributed by atoms with van der Waals surface area (Å²) in [6.45, 7) is 1.97. The molecule has 0 aliphatic rings. The molecule has 72 valence electrons. The average molecular weight is 300 g/mol. The first-order valence-corrected chi connectivity index (χ1v) is 5.47. The van der Waals surface area contributed by atoms with Crippen molar-refractivity contribution in [2.24, 2.45) is 0 Å². The first kappa shape index (κ1) is 9.64. The quantitative estimate of drug-likeness (QED) is 0.820. The number of hydrogen-bond acceptors (Lipinski definition) is 2. The average Bonchev–Trinajstić information content (AvgIpc) is 2.19. The number of hydrogen-bond donors (Lipinski definition) is 1. The minimum atomic E-state index is -0.0506. The molecule has 0 spiro atoms. The van der Waals surface area contributed by atoms with Gasteiger partial charge in [-0.25, -0.2) is 4.98 Å². The zero-order valence-electron chi connectivity index (χ0n) is 7.67. The molecule has 14 heavy (non-hydrogen) atoms. The van der Waals surface area contributed by atoms with Gasteiger partial charge in [0.2, 0.25) is 0 Å². The predicted molar refractivity (Wildman–Crippen MR) is 64.5 cm³/mol. The van der Waals surface area contributed by atoms with Crippen molar-refractivity contribution in [1.82, 2.24) is 9.97 Å². The van der Waals surface area contributed by atoms with Crippen LogP contribution >= 0.6 is 22.6 Å². The Morgan fingerprint density at radius 2 is 2.29 bits per heavy atom. The zero-order chi connectivity index (χ0) is 10.1. The molecule has 0 radical (unpaired) electrons. The van der Waals surface area contributed by atoms with Crippen molar-refractivity contribution in [3.63, 3.8) is 0 Å². The SMILES string of the molecule is CCc1nc2ccc(I)cc2c(=O)[nH]1. The molecule has 0 atom stereocenters. The second-order valence-corrected chi connectivity index (χ2v) is 4.27. The smallest absolute Gasteiger partial charge is 0.258 e. The Kier molecular flexibility index (Phi) is 2.54. The third-order valence-corrected chi connectivity index (χ3v) is 2.72. The number of nitrogens with one attached hydrogen (secondary N) is 1. The maximum absolute atomic E-state index is 11.6. The lowest BCUT2D eigenvalue weighted by Crippen LogP contribution is -2.11. The molecule has 2 rings (SSSR count). The van der Waals surface area contributed by atoms with Crippen LogP contribution in [0.4, 0.5) is 0 Å². The van der Waals surface area contributed by atoms with Gasteiger partial charge in [0, 0.05) is 9.99 Å². The number of aromatic nitrogens is 2. The second-order valence-electron chi connectivity index (χ2n) is 3.03. The lowest BCUT2D eigenvalue weighted by Gasteiger charge is -2.00. The molecule has 0 bridgehead atoms. The van der Waals surface area contributed by atoms with Gasteiger partial charge in [0.05, 0.1) is 10.9 Å². The van der Waals surface area contributed by atoms with Gasteiger partial charge in [-0.05, 0) is 40.8 Å². The Balaban J connectivity index is 2.83. The number of fused-ring (bicyclic) bond motifs is 1. The van der Waals surface area contributed by atoms with Gasteiger partial charge in [0.15, 0.2) is 0 Å². The van der Waals surface area contributed by atoms with Gasteiger partial charge in [-0.15, -0.1) is 0 Å². The van der Waals surface area contributed by atoms with E-state index in [4.69, 9.17) is 0 Å². The van der Waals surface area contributed by atoms with E-state index in [9.17, 15) is 4.79 Å². The number of rotatable bonds is 1.